The van der Waals surface area contributed by atoms with Crippen LogP contribution in [0.15, 0.2) is 11.1 Å². The first-order valence-corrected chi connectivity index (χ1v) is 5.48. The lowest BCUT2D eigenvalue weighted by Gasteiger charge is -2.07. The number of rotatable bonds is 4. The molecule has 3 nitrogen and oxygen atoms in total. The summed E-state index contributed by atoms with van der Waals surface area (Å²) >= 11 is 1.25. The molecule has 1 aromatic heterocycles. The van der Waals surface area contributed by atoms with Gasteiger partial charge in [-0.2, -0.15) is 0 Å². The van der Waals surface area contributed by atoms with Crippen LogP contribution in [0.5, 0.6) is 0 Å². The van der Waals surface area contributed by atoms with Gasteiger partial charge in [-0.3, -0.25) is 0 Å². The zero-order valence-corrected chi connectivity index (χ0v) is 9.37. The van der Waals surface area contributed by atoms with Crippen molar-refractivity contribution in [2.75, 3.05) is 11.2 Å². The van der Waals surface area contributed by atoms with Crippen LogP contribution in [-0.2, 0) is 0 Å². The fourth-order valence-electron chi connectivity index (χ4n) is 0.898. The fourth-order valence-corrected chi connectivity index (χ4v) is 1.74. The van der Waals surface area contributed by atoms with Gasteiger partial charge in [-0.15, -0.1) is 11.8 Å². The van der Waals surface area contributed by atoms with E-state index in [9.17, 15) is 8.78 Å². The van der Waals surface area contributed by atoms with Crippen LogP contribution in [0.4, 0.5) is 14.6 Å². The smallest absolute Gasteiger partial charge is 0.177 e. The topological polar surface area (TPSA) is 50.9 Å². The van der Waals surface area contributed by atoms with E-state index in [0.717, 1.165) is 11.8 Å². The first-order valence-electron chi connectivity index (χ1n) is 4.50. The minimum Gasteiger partial charge on any atom is -0.306 e. The molecule has 0 radical (unpaired) electrons. The van der Waals surface area contributed by atoms with E-state index in [2.05, 4.69) is 10.4 Å². The zero-order valence-electron chi connectivity index (χ0n) is 8.55. The van der Waals surface area contributed by atoms with E-state index < -0.39 is 11.6 Å². The maximum absolute atomic E-state index is 13.2. The number of nitrogens with zero attached hydrogens (tertiary/aromatic N) is 1. The lowest BCUT2D eigenvalue weighted by atomic mass is 10.3. The third-order valence-electron chi connectivity index (χ3n) is 1.59. The second kappa shape index (κ2) is 5.27. The molecule has 0 atom stereocenters. The third-order valence-corrected chi connectivity index (χ3v) is 2.98. The molecule has 0 aliphatic rings. The van der Waals surface area contributed by atoms with Crippen molar-refractivity contribution >= 4 is 17.6 Å². The van der Waals surface area contributed by atoms with Gasteiger partial charge in [0.2, 0.25) is 0 Å². The minimum absolute atomic E-state index is 0.136. The van der Waals surface area contributed by atoms with E-state index in [-0.39, 0.29) is 10.8 Å². The Bertz CT molecular complexity index is 344. The molecular formula is C9H13F2N3S. The van der Waals surface area contributed by atoms with Crippen molar-refractivity contribution in [3.05, 3.63) is 17.7 Å². The average molecular weight is 233 g/mol. The number of anilines is 1. The van der Waals surface area contributed by atoms with Gasteiger partial charge in [0.15, 0.2) is 17.5 Å². The summed E-state index contributed by atoms with van der Waals surface area (Å²) in [4.78, 5) is 3.74. The third kappa shape index (κ3) is 3.32. The monoisotopic (exact) mass is 233 g/mol. The van der Waals surface area contributed by atoms with Gasteiger partial charge in [0.25, 0.3) is 0 Å². The van der Waals surface area contributed by atoms with Crippen molar-refractivity contribution in [1.82, 2.24) is 4.98 Å². The summed E-state index contributed by atoms with van der Waals surface area (Å²) in [6.07, 6.45) is 0. The molecular weight excluding hydrogens is 220 g/mol. The largest absolute Gasteiger partial charge is 0.306 e. The number of hydrogen-bond donors (Lipinski definition) is 2. The molecule has 0 aliphatic heterocycles. The van der Waals surface area contributed by atoms with Crippen LogP contribution in [-0.4, -0.2) is 10.7 Å². The van der Waals surface area contributed by atoms with Crippen molar-refractivity contribution < 1.29 is 8.78 Å². The summed E-state index contributed by atoms with van der Waals surface area (Å²) < 4.78 is 26.2. The first-order chi connectivity index (χ1) is 7.04. The van der Waals surface area contributed by atoms with Gasteiger partial charge in [-0.1, -0.05) is 13.8 Å². The Morgan fingerprint density at radius 2 is 2.13 bits per heavy atom. The molecule has 0 fully saturated rings. The predicted octanol–water partition coefficient (Wildman–Crippen LogP) is 2.39. The summed E-state index contributed by atoms with van der Waals surface area (Å²) in [6.45, 7) is 4.02. The molecule has 1 heterocycles. The zero-order chi connectivity index (χ0) is 11.4. The number of nitrogen functional groups attached to an aromatic ring is 1. The van der Waals surface area contributed by atoms with Crippen LogP contribution in [0, 0.1) is 17.6 Å². The molecule has 6 heteroatoms. The molecule has 0 spiro atoms. The van der Waals surface area contributed by atoms with Crippen LogP contribution in [0.1, 0.15) is 13.8 Å². The molecule has 84 valence electrons. The number of thioether (sulfide) groups is 1. The Balaban J connectivity index is 2.87. The molecule has 0 aromatic carbocycles. The van der Waals surface area contributed by atoms with Gasteiger partial charge in [0.05, 0.1) is 0 Å². The van der Waals surface area contributed by atoms with E-state index in [1.54, 1.807) is 0 Å². The highest BCUT2D eigenvalue weighted by molar-refractivity contribution is 7.99. The predicted molar refractivity (Wildman–Crippen MR) is 57.5 cm³/mol. The van der Waals surface area contributed by atoms with Crippen LogP contribution in [0.25, 0.3) is 0 Å². The molecule has 0 amide bonds. The SMILES string of the molecule is CC(C)CSc1nc(NN)c(F)cc1F. The highest BCUT2D eigenvalue weighted by Crippen LogP contribution is 2.24. The Hall–Kier alpha value is -0.880. The molecule has 3 N–H and O–H groups in total. The normalized spacial score (nSPS) is 10.8. The highest BCUT2D eigenvalue weighted by Gasteiger charge is 2.11. The van der Waals surface area contributed by atoms with Gasteiger partial charge in [0, 0.05) is 11.8 Å². The van der Waals surface area contributed by atoms with Crippen LogP contribution < -0.4 is 11.3 Å². The van der Waals surface area contributed by atoms with E-state index in [1.165, 1.54) is 11.8 Å². The minimum atomic E-state index is -0.788. The molecule has 1 rings (SSSR count). The first kappa shape index (κ1) is 12.2. The molecule has 1 aromatic rings. The average Bonchev–Trinajstić information content (AvgIpc) is 2.16. The molecule has 0 saturated carbocycles. The second-order valence-corrected chi connectivity index (χ2v) is 4.46. The van der Waals surface area contributed by atoms with E-state index in [4.69, 9.17) is 5.84 Å². The van der Waals surface area contributed by atoms with Crippen molar-refractivity contribution in [2.45, 2.75) is 18.9 Å². The van der Waals surface area contributed by atoms with Crippen molar-refractivity contribution in [2.24, 2.45) is 11.8 Å². The van der Waals surface area contributed by atoms with E-state index >= 15 is 0 Å². The Morgan fingerprint density at radius 1 is 1.47 bits per heavy atom. The standard InChI is InChI=1S/C9H13F2N3S/c1-5(2)4-15-9-7(11)3-6(10)8(13-9)14-12/h3,5H,4,12H2,1-2H3,(H,13,14). The van der Waals surface area contributed by atoms with E-state index in [1.807, 2.05) is 13.8 Å². The van der Waals surface area contributed by atoms with Gasteiger partial charge in [-0.05, 0) is 5.92 Å². The van der Waals surface area contributed by atoms with Gasteiger partial charge in [0.1, 0.15) is 5.03 Å². The lowest BCUT2D eigenvalue weighted by molar-refractivity contribution is 0.551. The summed E-state index contributed by atoms with van der Waals surface area (Å²) in [6, 6.07) is 0.783. The Kier molecular flexibility index (Phi) is 4.28. The van der Waals surface area contributed by atoms with Crippen LogP contribution in [0.2, 0.25) is 0 Å². The molecule has 0 saturated heterocycles. The van der Waals surface area contributed by atoms with Crippen molar-refractivity contribution in [3.63, 3.8) is 0 Å². The quantitative estimate of drug-likeness (QED) is 0.476. The van der Waals surface area contributed by atoms with Crippen LogP contribution >= 0.6 is 11.8 Å². The number of aromatic nitrogens is 1. The summed E-state index contributed by atoms with van der Waals surface area (Å²) in [5, 5.41) is 0.165. The van der Waals surface area contributed by atoms with Gasteiger partial charge < -0.3 is 5.43 Å². The maximum atomic E-state index is 13.2. The number of pyridine rings is 1. The maximum Gasteiger partial charge on any atom is 0.177 e. The summed E-state index contributed by atoms with van der Waals surface area (Å²) in [7, 11) is 0. The number of nitrogens with one attached hydrogen (secondary N) is 1. The lowest BCUT2D eigenvalue weighted by Crippen LogP contribution is -2.11. The van der Waals surface area contributed by atoms with Gasteiger partial charge in [-0.25, -0.2) is 19.6 Å². The number of nitrogens with two attached hydrogens (primary N) is 1. The van der Waals surface area contributed by atoms with Crippen molar-refractivity contribution in [1.29, 1.82) is 0 Å². The molecule has 0 unspecified atom stereocenters. The molecule has 15 heavy (non-hydrogen) atoms. The highest BCUT2D eigenvalue weighted by atomic mass is 32.2. The van der Waals surface area contributed by atoms with Crippen LogP contribution in [0.3, 0.4) is 0 Å². The number of halogens is 2. The van der Waals surface area contributed by atoms with E-state index in [0.29, 0.717) is 5.92 Å². The second-order valence-electron chi connectivity index (χ2n) is 3.45. The van der Waals surface area contributed by atoms with Crippen molar-refractivity contribution in [3.8, 4) is 0 Å². The summed E-state index contributed by atoms with van der Waals surface area (Å²) in [5.74, 6) is 4.60. The van der Waals surface area contributed by atoms with Gasteiger partial charge >= 0.3 is 0 Å². The number of hydrogen-bond acceptors (Lipinski definition) is 4. The summed E-state index contributed by atoms with van der Waals surface area (Å²) in [5.41, 5.74) is 2.08. The number of hydrazine groups is 1. The fraction of sp³-hybridized carbons (Fsp3) is 0.444. The molecule has 0 aliphatic carbocycles. The Labute approximate surface area is 91.4 Å². The Morgan fingerprint density at radius 3 is 2.67 bits per heavy atom. The molecule has 0 bridgehead atoms.